The first kappa shape index (κ1) is 18.6. The van der Waals surface area contributed by atoms with Gasteiger partial charge in [-0.25, -0.2) is 4.39 Å². The van der Waals surface area contributed by atoms with Crippen LogP contribution in [0.1, 0.15) is 22.7 Å². The van der Waals surface area contributed by atoms with Gasteiger partial charge in [-0.2, -0.15) is 0 Å². The lowest BCUT2D eigenvalue weighted by Gasteiger charge is -2.25. The van der Waals surface area contributed by atoms with Crippen molar-refractivity contribution in [1.29, 1.82) is 0 Å². The molecule has 0 unspecified atom stereocenters. The van der Waals surface area contributed by atoms with Gasteiger partial charge in [-0.15, -0.1) is 0 Å². The highest BCUT2D eigenvalue weighted by atomic mass is 19.1. The lowest BCUT2D eigenvalue weighted by molar-refractivity contribution is -0.140. The molecule has 5 heteroatoms. The quantitative estimate of drug-likeness (QED) is 0.409. The monoisotopic (exact) mass is 387 g/mol. The predicted octanol–water partition coefficient (Wildman–Crippen LogP) is 4.45. The fraction of sp³-hybridized carbons (Fsp3) is 0.0833. The van der Waals surface area contributed by atoms with E-state index < -0.39 is 23.5 Å². The zero-order valence-electron chi connectivity index (χ0n) is 15.5. The van der Waals surface area contributed by atoms with Crippen LogP contribution < -0.4 is 0 Å². The van der Waals surface area contributed by atoms with Gasteiger partial charge in [-0.05, 0) is 23.3 Å². The van der Waals surface area contributed by atoms with Crippen molar-refractivity contribution in [3.05, 3.63) is 113 Å². The van der Waals surface area contributed by atoms with Crippen LogP contribution >= 0.6 is 0 Å². The molecule has 0 aliphatic carbocycles. The van der Waals surface area contributed by atoms with Gasteiger partial charge >= 0.3 is 0 Å². The van der Waals surface area contributed by atoms with E-state index in [2.05, 4.69) is 0 Å². The third kappa shape index (κ3) is 3.55. The number of aliphatic hydroxyl groups excluding tert-OH is 1. The van der Waals surface area contributed by atoms with Crippen LogP contribution in [0.15, 0.2) is 90.5 Å². The molecular weight excluding hydrogens is 369 g/mol. The van der Waals surface area contributed by atoms with Crippen LogP contribution in [-0.4, -0.2) is 21.7 Å². The Kier molecular flexibility index (Phi) is 4.96. The van der Waals surface area contributed by atoms with E-state index in [4.69, 9.17) is 0 Å². The van der Waals surface area contributed by atoms with Gasteiger partial charge in [0, 0.05) is 12.1 Å². The molecule has 29 heavy (non-hydrogen) atoms. The molecule has 1 fully saturated rings. The van der Waals surface area contributed by atoms with Crippen LogP contribution in [0.2, 0.25) is 0 Å². The average molecular weight is 387 g/mol. The van der Waals surface area contributed by atoms with E-state index in [-0.39, 0.29) is 17.9 Å². The van der Waals surface area contributed by atoms with E-state index in [1.807, 2.05) is 30.3 Å². The Morgan fingerprint density at radius 2 is 1.55 bits per heavy atom. The number of amides is 1. The van der Waals surface area contributed by atoms with Crippen LogP contribution in [0.25, 0.3) is 5.76 Å². The normalized spacial score (nSPS) is 18.2. The van der Waals surface area contributed by atoms with E-state index in [1.165, 1.54) is 23.1 Å². The number of hydrogen-bond donors (Lipinski definition) is 1. The van der Waals surface area contributed by atoms with Crippen molar-refractivity contribution in [1.82, 2.24) is 4.90 Å². The van der Waals surface area contributed by atoms with Crippen molar-refractivity contribution in [2.24, 2.45) is 0 Å². The first-order chi connectivity index (χ1) is 14.1. The molecule has 1 heterocycles. The van der Waals surface area contributed by atoms with Crippen LogP contribution in [0.5, 0.6) is 0 Å². The number of hydrogen-bond acceptors (Lipinski definition) is 3. The molecule has 1 aliphatic heterocycles. The molecule has 0 aromatic heterocycles. The largest absolute Gasteiger partial charge is 0.507 e. The molecule has 4 rings (SSSR count). The first-order valence-corrected chi connectivity index (χ1v) is 9.19. The van der Waals surface area contributed by atoms with E-state index in [9.17, 15) is 19.1 Å². The molecule has 0 radical (unpaired) electrons. The molecule has 144 valence electrons. The molecule has 1 amide bonds. The number of carbonyl (C=O) groups excluding carboxylic acids is 2. The maximum absolute atomic E-state index is 14.0. The summed E-state index contributed by atoms with van der Waals surface area (Å²) in [4.78, 5) is 27.1. The van der Waals surface area contributed by atoms with Crippen molar-refractivity contribution in [3.63, 3.8) is 0 Å². The predicted molar refractivity (Wildman–Crippen MR) is 107 cm³/mol. The molecule has 1 aliphatic rings. The number of Topliss-reactive ketones (excluding diaryl/α,β-unsaturated/α-hetero) is 1. The van der Waals surface area contributed by atoms with Gasteiger partial charge in [0.15, 0.2) is 0 Å². The number of halogens is 1. The lowest BCUT2D eigenvalue weighted by atomic mass is 9.95. The summed E-state index contributed by atoms with van der Waals surface area (Å²) in [7, 11) is 0. The Bertz CT molecular complexity index is 1090. The summed E-state index contributed by atoms with van der Waals surface area (Å²) in [6, 6.07) is 22.7. The third-order valence-corrected chi connectivity index (χ3v) is 4.95. The number of carbonyl (C=O) groups is 2. The van der Waals surface area contributed by atoms with E-state index in [1.54, 1.807) is 36.4 Å². The minimum absolute atomic E-state index is 0.0391. The van der Waals surface area contributed by atoms with Gasteiger partial charge in [0.1, 0.15) is 11.6 Å². The molecule has 1 N–H and O–H groups in total. The zero-order valence-corrected chi connectivity index (χ0v) is 15.5. The summed E-state index contributed by atoms with van der Waals surface area (Å²) < 4.78 is 14.0. The molecule has 3 aromatic carbocycles. The highest BCUT2D eigenvalue weighted by Gasteiger charge is 2.46. The van der Waals surface area contributed by atoms with Gasteiger partial charge in [-0.1, -0.05) is 72.8 Å². The Morgan fingerprint density at radius 3 is 2.21 bits per heavy atom. The van der Waals surface area contributed by atoms with Crippen LogP contribution in [-0.2, 0) is 16.1 Å². The molecule has 3 aromatic rings. The van der Waals surface area contributed by atoms with Crippen LogP contribution in [0.3, 0.4) is 0 Å². The minimum atomic E-state index is -0.883. The molecule has 0 bridgehead atoms. The number of rotatable bonds is 4. The van der Waals surface area contributed by atoms with Gasteiger partial charge in [0.2, 0.25) is 0 Å². The second-order valence-electron chi connectivity index (χ2n) is 6.83. The summed E-state index contributed by atoms with van der Waals surface area (Å²) in [6.45, 7) is 0.165. The Labute approximate surface area is 167 Å². The van der Waals surface area contributed by atoms with Gasteiger partial charge < -0.3 is 10.0 Å². The van der Waals surface area contributed by atoms with Crippen molar-refractivity contribution in [2.45, 2.75) is 12.6 Å². The standard InChI is InChI=1S/C24H18FNO3/c25-19-13-7-12-18(14-19)21-20(22(27)17-10-5-2-6-11-17)23(28)24(29)26(21)15-16-8-3-1-4-9-16/h1-14,21,27H,15H2/t21-/m1/s1. The number of likely N-dealkylation sites (tertiary alicyclic amines) is 1. The Hall–Kier alpha value is -3.73. The fourth-order valence-corrected chi connectivity index (χ4v) is 3.60. The molecule has 1 atom stereocenters. The second-order valence-corrected chi connectivity index (χ2v) is 6.83. The summed E-state index contributed by atoms with van der Waals surface area (Å²) >= 11 is 0. The third-order valence-electron chi connectivity index (χ3n) is 4.95. The van der Waals surface area contributed by atoms with Crippen molar-refractivity contribution in [3.8, 4) is 0 Å². The summed E-state index contributed by atoms with van der Waals surface area (Å²) in [5.74, 6) is -2.25. The highest BCUT2D eigenvalue weighted by molar-refractivity contribution is 6.46. The van der Waals surface area contributed by atoms with E-state index in [0.29, 0.717) is 11.1 Å². The second kappa shape index (κ2) is 7.72. The van der Waals surface area contributed by atoms with Gasteiger partial charge in [-0.3, -0.25) is 9.59 Å². The highest BCUT2D eigenvalue weighted by Crippen LogP contribution is 2.40. The zero-order chi connectivity index (χ0) is 20.4. The number of aliphatic hydroxyl groups is 1. The summed E-state index contributed by atoms with van der Waals surface area (Å²) in [5, 5.41) is 10.9. The van der Waals surface area contributed by atoms with Gasteiger partial charge in [0.05, 0.1) is 11.6 Å². The van der Waals surface area contributed by atoms with E-state index in [0.717, 1.165) is 5.56 Å². The first-order valence-electron chi connectivity index (χ1n) is 9.19. The van der Waals surface area contributed by atoms with Gasteiger partial charge in [0.25, 0.3) is 11.7 Å². The van der Waals surface area contributed by atoms with Crippen molar-refractivity contribution >= 4 is 17.4 Å². The maximum Gasteiger partial charge on any atom is 0.295 e. The number of nitrogens with zero attached hydrogens (tertiary/aromatic N) is 1. The van der Waals surface area contributed by atoms with E-state index >= 15 is 0 Å². The minimum Gasteiger partial charge on any atom is -0.507 e. The SMILES string of the molecule is O=C1C(=O)N(Cc2ccccc2)[C@H](c2cccc(F)c2)C1=C(O)c1ccccc1. The number of benzene rings is 3. The molecule has 0 spiro atoms. The molecular formula is C24H18FNO3. The van der Waals surface area contributed by atoms with Crippen LogP contribution in [0.4, 0.5) is 4.39 Å². The Morgan fingerprint density at radius 1 is 0.897 bits per heavy atom. The van der Waals surface area contributed by atoms with Crippen molar-refractivity contribution in [2.75, 3.05) is 0 Å². The fourth-order valence-electron chi connectivity index (χ4n) is 3.60. The lowest BCUT2D eigenvalue weighted by Crippen LogP contribution is -2.29. The maximum atomic E-state index is 14.0. The average Bonchev–Trinajstić information content (AvgIpc) is 2.99. The molecule has 4 nitrogen and oxygen atoms in total. The molecule has 1 saturated heterocycles. The summed E-state index contributed by atoms with van der Waals surface area (Å²) in [6.07, 6.45) is 0. The smallest absolute Gasteiger partial charge is 0.295 e. The van der Waals surface area contributed by atoms with Crippen LogP contribution in [0, 0.1) is 5.82 Å². The topological polar surface area (TPSA) is 57.6 Å². The Balaban J connectivity index is 1.87. The number of ketones is 1. The van der Waals surface area contributed by atoms with Crippen molar-refractivity contribution < 1.29 is 19.1 Å². The summed E-state index contributed by atoms with van der Waals surface area (Å²) in [5.41, 5.74) is 1.64. The molecule has 0 saturated carbocycles.